The molecule has 17 heavy (non-hydrogen) atoms. The van der Waals surface area contributed by atoms with Crippen molar-refractivity contribution < 1.29 is 9.53 Å². The number of nitrogens with one attached hydrogen (secondary N) is 1. The van der Waals surface area contributed by atoms with Crippen LogP contribution in [0.25, 0.3) is 0 Å². The van der Waals surface area contributed by atoms with Crippen molar-refractivity contribution in [3.8, 4) is 0 Å². The summed E-state index contributed by atoms with van der Waals surface area (Å²) in [6.45, 7) is 6.25. The first-order valence-corrected chi connectivity index (χ1v) is 6.20. The summed E-state index contributed by atoms with van der Waals surface area (Å²) < 4.78 is 5.00. The number of esters is 1. The summed E-state index contributed by atoms with van der Waals surface area (Å²) in [6, 6.07) is 5.48. The van der Waals surface area contributed by atoms with Gasteiger partial charge in [0, 0.05) is 6.04 Å². The Hall–Kier alpha value is -1.22. The molecular weight excluding hydrogens is 238 g/mol. The number of carbonyl (C=O) groups is 1. The number of benzene rings is 1. The molecule has 0 aliphatic carbocycles. The zero-order valence-corrected chi connectivity index (χ0v) is 11.2. The number of ether oxygens (including phenoxy) is 1. The molecule has 1 N–H and O–H groups in total. The van der Waals surface area contributed by atoms with E-state index in [1.807, 2.05) is 6.92 Å². The maximum atomic E-state index is 11.8. The lowest BCUT2D eigenvalue weighted by Gasteiger charge is -2.17. The fraction of sp³-hybridized carbons (Fsp3) is 0.462. The highest BCUT2D eigenvalue weighted by molar-refractivity contribution is 6.34. The third-order valence-corrected chi connectivity index (χ3v) is 2.83. The minimum atomic E-state index is -0.346. The molecule has 1 atom stereocenters. The van der Waals surface area contributed by atoms with Crippen LogP contribution < -0.4 is 5.32 Å². The van der Waals surface area contributed by atoms with Gasteiger partial charge >= 0.3 is 5.97 Å². The fourth-order valence-corrected chi connectivity index (χ4v) is 1.63. The molecule has 0 radical (unpaired) electrons. The van der Waals surface area contributed by atoms with Crippen molar-refractivity contribution >= 4 is 23.3 Å². The van der Waals surface area contributed by atoms with E-state index in [1.165, 1.54) is 0 Å². The normalized spacial score (nSPS) is 12.0. The standard InChI is InChI=1S/C13H18ClNO2/c1-4-9(3)15-12-10(13(16)17-5-2)7-6-8-11(12)14/h6-9,15H,4-5H2,1-3H3/t9-/m0/s1. The van der Waals surface area contributed by atoms with Gasteiger partial charge in [-0.15, -0.1) is 0 Å². The van der Waals surface area contributed by atoms with Crippen molar-refractivity contribution in [1.82, 2.24) is 0 Å². The summed E-state index contributed by atoms with van der Waals surface area (Å²) >= 11 is 6.10. The second-order valence-electron chi connectivity index (χ2n) is 3.84. The Bertz CT molecular complexity index is 393. The van der Waals surface area contributed by atoms with Crippen molar-refractivity contribution in [3.63, 3.8) is 0 Å². The summed E-state index contributed by atoms with van der Waals surface area (Å²) in [5.74, 6) is -0.346. The van der Waals surface area contributed by atoms with Crippen LogP contribution in [-0.4, -0.2) is 18.6 Å². The molecule has 1 aromatic rings. The Labute approximate surface area is 107 Å². The third kappa shape index (κ3) is 3.63. The van der Waals surface area contributed by atoms with Crippen LogP contribution in [0.4, 0.5) is 5.69 Å². The Morgan fingerprint density at radius 1 is 1.47 bits per heavy atom. The quantitative estimate of drug-likeness (QED) is 0.815. The van der Waals surface area contributed by atoms with E-state index in [9.17, 15) is 4.79 Å². The van der Waals surface area contributed by atoms with Gasteiger partial charge in [0.05, 0.1) is 22.9 Å². The van der Waals surface area contributed by atoms with E-state index < -0.39 is 0 Å². The van der Waals surface area contributed by atoms with Crippen LogP contribution in [0.15, 0.2) is 18.2 Å². The fourth-order valence-electron chi connectivity index (χ4n) is 1.40. The first kappa shape index (κ1) is 13.8. The first-order valence-electron chi connectivity index (χ1n) is 5.82. The molecule has 0 bridgehead atoms. The molecular formula is C13H18ClNO2. The second kappa shape index (κ2) is 6.50. The summed E-state index contributed by atoms with van der Waals surface area (Å²) in [5.41, 5.74) is 1.14. The average molecular weight is 256 g/mol. The Morgan fingerprint density at radius 3 is 2.76 bits per heavy atom. The van der Waals surface area contributed by atoms with Crippen molar-refractivity contribution in [2.45, 2.75) is 33.2 Å². The largest absolute Gasteiger partial charge is 0.462 e. The molecule has 0 fully saturated rings. The smallest absolute Gasteiger partial charge is 0.340 e. The number of para-hydroxylation sites is 1. The van der Waals surface area contributed by atoms with Gasteiger partial charge in [-0.1, -0.05) is 24.6 Å². The molecule has 0 aliphatic rings. The highest BCUT2D eigenvalue weighted by atomic mass is 35.5. The molecule has 1 aromatic carbocycles. The topological polar surface area (TPSA) is 38.3 Å². The molecule has 0 saturated heterocycles. The summed E-state index contributed by atoms with van der Waals surface area (Å²) in [5, 5.41) is 3.77. The number of rotatable bonds is 5. The van der Waals surface area contributed by atoms with Crippen LogP contribution >= 0.6 is 11.6 Å². The number of anilines is 1. The molecule has 0 unspecified atom stereocenters. The van der Waals surface area contributed by atoms with Gasteiger partial charge in [0.2, 0.25) is 0 Å². The molecule has 0 amide bonds. The monoisotopic (exact) mass is 255 g/mol. The van der Waals surface area contributed by atoms with Crippen LogP contribution in [0.1, 0.15) is 37.6 Å². The van der Waals surface area contributed by atoms with E-state index in [1.54, 1.807) is 25.1 Å². The average Bonchev–Trinajstić information content (AvgIpc) is 2.31. The molecule has 0 saturated carbocycles. The Balaban J connectivity index is 3.03. The van der Waals surface area contributed by atoms with Crippen molar-refractivity contribution in [2.24, 2.45) is 0 Å². The zero-order chi connectivity index (χ0) is 12.8. The lowest BCUT2D eigenvalue weighted by Crippen LogP contribution is -2.17. The SMILES string of the molecule is CCOC(=O)c1cccc(Cl)c1N[C@@H](C)CC. The number of halogens is 1. The molecule has 3 nitrogen and oxygen atoms in total. The molecule has 0 aromatic heterocycles. The number of carbonyl (C=O) groups excluding carboxylic acids is 1. The Kier molecular flexibility index (Phi) is 5.29. The predicted octanol–water partition coefficient (Wildman–Crippen LogP) is 3.73. The molecule has 0 heterocycles. The maximum Gasteiger partial charge on any atom is 0.340 e. The van der Waals surface area contributed by atoms with E-state index in [0.717, 1.165) is 6.42 Å². The van der Waals surface area contributed by atoms with E-state index >= 15 is 0 Å². The van der Waals surface area contributed by atoms with Crippen LogP contribution in [0.3, 0.4) is 0 Å². The lowest BCUT2D eigenvalue weighted by molar-refractivity contribution is 0.0527. The van der Waals surface area contributed by atoms with Gasteiger partial charge in [0.1, 0.15) is 0 Å². The summed E-state index contributed by atoms with van der Waals surface area (Å²) in [7, 11) is 0. The zero-order valence-electron chi connectivity index (χ0n) is 10.4. The minimum absolute atomic E-state index is 0.253. The van der Waals surface area contributed by atoms with E-state index in [-0.39, 0.29) is 12.0 Å². The van der Waals surface area contributed by atoms with E-state index in [4.69, 9.17) is 16.3 Å². The van der Waals surface area contributed by atoms with Crippen molar-refractivity contribution in [1.29, 1.82) is 0 Å². The van der Waals surface area contributed by atoms with Crippen LogP contribution in [0.2, 0.25) is 5.02 Å². The molecule has 0 spiro atoms. The van der Waals surface area contributed by atoms with Gasteiger partial charge in [-0.2, -0.15) is 0 Å². The van der Waals surface area contributed by atoms with Crippen LogP contribution in [-0.2, 0) is 4.74 Å². The predicted molar refractivity (Wildman–Crippen MR) is 70.8 cm³/mol. The first-order chi connectivity index (χ1) is 8.10. The summed E-state index contributed by atoms with van der Waals surface area (Å²) in [6.07, 6.45) is 0.952. The van der Waals surface area contributed by atoms with Crippen LogP contribution in [0.5, 0.6) is 0 Å². The third-order valence-electron chi connectivity index (χ3n) is 2.51. The van der Waals surface area contributed by atoms with Gasteiger partial charge in [-0.05, 0) is 32.4 Å². The van der Waals surface area contributed by atoms with Gasteiger partial charge in [-0.3, -0.25) is 0 Å². The maximum absolute atomic E-state index is 11.8. The second-order valence-corrected chi connectivity index (χ2v) is 4.24. The van der Waals surface area contributed by atoms with Gasteiger partial charge in [0.15, 0.2) is 0 Å². The molecule has 0 aliphatic heterocycles. The van der Waals surface area contributed by atoms with E-state index in [0.29, 0.717) is 22.9 Å². The van der Waals surface area contributed by atoms with Gasteiger partial charge in [-0.25, -0.2) is 4.79 Å². The molecule has 4 heteroatoms. The number of hydrogen-bond acceptors (Lipinski definition) is 3. The highest BCUT2D eigenvalue weighted by Crippen LogP contribution is 2.27. The number of hydrogen-bond donors (Lipinski definition) is 1. The molecule has 1 rings (SSSR count). The van der Waals surface area contributed by atoms with Gasteiger partial charge < -0.3 is 10.1 Å². The van der Waals surface area contributed by atoms with Gasteiger partial charge in [0.25, 0.3) is 0 Å². The highest BCUT2D eigenvalue weighted by Gasteiger charge is 2.16. The van der Waals surface area contributed by atoms with Crippen LogP contribution in [0, 0.1) is 0 Å². The molecule has 94 valence electrons. The lowest BCUT2D eigenvalue weighted by atomic mass is 10.1. The van der Waals surface area contributed by atoms with Crippen molar-refractivity contribution in [3.05, 3.63) is 28.8 Å². The minimum Gasteiger partial charge on any atom is -0.462 e. The summed E-state index contributed by atoms with van der Waals surface area (Å²) in [4.78, 5) is 11.8. The van der Waals surface area contributed by atoms with Crippen molar-refractivity contribution in [2.75, 3.05) is 11.9 Å². The Morgan fingerprint density at radius 2 is 2.18 bits per heavy atom. The van der Waals surface area contributed by atoms with E-state index in [2.05, 4.69) is 12.2 Å².